The maximum Gasteiger partial charge on any atom is 0.255 e. The topological polar surface area (TPSA) is 47.6 Å². The molecule has 4 nitrogen and oxygen atoms in total. The molecule has 0 unspecified atom stereocenters. The number of rotatable bonds is 6. The Balaban J connectivity index is 0.000000480. The second kappa shape index (κ2) is 13.8. The van der Waals surface area contributed by atoms with Crippen LogP contribution in [0.15, 0.2) is 71.7 Å². The minimum Gasteiger partial charge on any atom is -0.493 e. The smallest absolute Gasteiger partial charge is 0.255 e. The van der Waals surface area contributed by atoms with Crippen LogP contribution in [0.25, 0.3) is 0 Å². The minimum absolute atomic E-state index is 0.123. The van der Waals surface area contributed by atoms with Crippen LogP contribution in [0, 0.1) is 0 Å². The number of hydrogen-bond donors (Lipinski definition) is 1. The van der Waals surface area contributed by atoms with Gasteiger partial charge in [-0.2, -0.15) is 0 Å². The highest BCUT2D eigenvalue weighted by molar-refractivity contribution is 5.97. The monoisotopic (exact) mass is 377 g/mol. The molecule has 0 fully saturated rings. The molecule has 4 heteroatoms. The minimum atomic E-state index is -0.123. The molecule has 0 radical (unpaired) electrons. The molecule has 1 N–H and O–H groups in total. The summed E-state index contributed by atoms with van der Waals surface area (Å²) in [5.41, 5.74) is 14.0. The largest absolute Gasteiger partial charge is 0.493 e. The second-order valence-corrected chi connectivity index (χ2v) is 5.88. The quantitative estimate of drug-likeness (QED) is 0.566. The highest BCUT2D eigenvalue weighted by Crippen LogP contribution is 2.30. The van der Waals surface area contributed by atoms with Gasteiger partial charge in [-0.05, 0) is 74.6 Å². The van der Waals surface area contributed by atoms with E-state index >= 15 is 0 Å². The van der Waals surface area contributed by atoms with E-state index in [0.717, 1.165) is 6.42 Å². The number of carbonyl (C=O) groups excluding carboxylic acids is 1. The predicted octanol–water partition coefficient (Wildman–Crippen LogP) is 4.90. The molecule has 0 atom stereocenters. The molecular formula is C24H27NO3. The number of benzene rings is 1. The number of carbonyl (C=O) groups is 1. The molecule has 1 aromatic carbocycles. The number of nitrogens with one attached hydrogen (secondary N) is 1. The summed E-state index contributed by atoms with van der Waals surface area (Å²) < 4.78 is 10.5. The van der Waals surface area contributed by atoms with Crippen LogP contribution < -0.4 is 14.8 Å². The van der Waals surface area contributed by atoms with Gasteiger partial charge < -0.3 is 14.8 Å². The lowest BCUT2D eigenvalue weighted by atomic mass is 9.97. The predicted molar refractivity (Wildman–Crippen MR) is 112 cm³/mol. The van der Waals surface area contributed by atoms with E-state index in [-0.39, 0.29) is 5.91 Å². The molecule has 0 saturated carbocycles. The van der Waals surface area contributed by atoms with Crippen LogP contribution in [-0.2, 0) is 0 Å². The Morgan fingerprint density at radius 2 is 1.86 bits per heavy atom. The lowest BCUT2D eigenvalue weighted by Gasteiger charge is -2.14. The highest BCUT2D eigenvalue weighted by Gasteiger charge is 2.16. The van der Waals surface area contributed by atoms with E-state index in [1.807, 2.05) is 0 Å². The Hall–Kier alpha value is -3.33. The van der Waals surface area contributed by atoms with Crippen molar-refractivity contribution in [3.63, 3.8) is 0 Å². The molecular weight excluding hydrogens is 350 g/mol. The molecule has 1 aliphatic rings. The first-order valence-electron chi connectivity index (χ1n) is 9.14. The van der Waals surface area contributed by atoms with Gasteiger partial charge in [-0.15, -0.1) is 0 Å². The van der Waals surface area contributed by atoms with Crippen LogP contribution in [-0.4, -0.2) is 26.7 Å². The highest BCUT2D eigenvalue weighted by atomic mass is 16.5. The normalized spacial score (nSPS) is 11.6. The summed E-state index contributed by atoms with van der Waals surface area (Å²) in [4.78, 5) is 12.3. The lowest BCUT2D eigenvalue weighted by Crippen LogP contribution is -2.25. The number of hydrogen-bond acceptors (Lipinski definition) is 3. The SMILES string of the molecule is C=C=C=C=C=C=C.COc1cccc(C(=O)NCCC2=CCCCC2)c1OC. The van der Waals surface area contributed by atoms with Gasteiger partial charge in [0.2, 0.25) is 0 Å². The number of para-hydroxylation sites is 1. The zero-order chi connectivity index (χ0) is 20.6. The fourth-order valence-electron chi connectivity index (χ4n) is 2.75. The van der Waals surface area contributed by atoms with Gasteiger partial charge in [0.25, 0.3) is 5.91 Å². The summed E-state index contributed by atoms with van der Waals surface area (Å²) in [6.07, 6.45) is 8.13. The molecule has 0 saturated heterocycles. The number of ether oxygens (including phenoxy) is 2. The molecule has 2 rings (SSSR count). The van der Waals surface area contributed by atoms with Gasteiger partial charge >= 0.3 is 0 Å². The van der Waals surface area contributed by atoms with E-state index < -0.39 is 0 Å². The maximum atomic E-state index is 12.3. The number of methoxy groups -OCH3 is 2. The molecule has 0 bridgehead atoms. The van der Waals surface area contributed by atoms with Crippen LogP contribution in [0.2, 0.25) is 0 Å². The average Bonchev–Trinajstić information content (AvgIpc) is 2.74. The molecule has 0 aromatic heterocycles. The van der Waals surface area contributed by atoms with E-state index in [2.05, 4.69) is 53.2 Å². The lowest BCUT2D eigenvalue weighted by molar-refractivity contribution is 0.0950. The van der Waals surface area contributed by atoms with Gasteiger partial charge in [-0.1, -0.05) is 29.2 Å². The van der Waals surface area contributed by atoms with E-state index in [9.17, 15) is 4.79 Å². The molecule has 0 aliphatic heterocycles. The van der Waals surface area contributed by atoms with Crippen LogP contribution in [0.1, 0.15) is 42.5 Å². The van der Waals surface area contributed by atoms with Crippen molar-refractivity contribution in [1.82, 2.24) is 5.32 Å². The Morgan fingerprint density at radius 1 is 1.11 bits per heavy atom. The molecule has 146 valence electrons. The third-order valence-corrected chi connectivity index (χ3v) is 4.07. The number of allylic oxidation sites excluding steroid dienone is 1. The summed E-state index contributed by atoms with van der Waals surface area (Å²) in [7, 11) is 3.11. The van der Waals surface area contributed by atoms with Crippen molar-refractivity contribution in [2.45, 2.75) is 32.1 Å². The Kier molecular flexibility index (Phi) is 11.2. The molecule has 0 heterocycles. The Labute approximate surface area is 167 Å². The average molecular weight is 377 g/mol. The molecule has 1 aromatic rings. The Bertz CT molecular complexity index is 845. The van der Waals surface area contributed by atoms with Gasteiger partial charge in [0.15, 0.2) is 11.5 Å². The first kappa shape index (κ1) is 22.7. The second-order valence-electron chi connectivity index (χ2n) is 5.88. The number of amides is 1. The maximum absolute atomic E-state index is 12.3. The molecule has 1 amide bonds. The van der Waals surface area contributed by atoms with Crippen molar-refractivity contribution in [2.75, 3.05) is 20.8 Å². The van der Waals surface area contributed by atoms with E-state index in [1.165, 1.54) is 31.3 Å². The summed E-state index contributed by atoms with van der Waals surface area (Å²) in [5.74, 6) is 0.927. The summed E-state index contributed by atoms with van der Waals surface area (Å²) in [5, 5.41) is 2.96. The fraction of sp³-hybridized carbons (Fsp3) is 0.333. The first-order valence-corrected chi connectivity index (χ1v) is 9.14. The summed E-state index contributed by atoms with van der Waals surface area (Å²) in [6, 6.07) is 5.32. The van der Waals surface area contributed by atoms with Gasteiger partial charge in [0.05, 0.1) is 19.8 Å². The van der Waals surface area contributed by atoms with Crippen molar-refractivity contribution < 1.29 is 14.3 Å². The van der Waals surface area contributed by atoms with E-state index in [4.69, 9.17) is 9.47 Å². The van der Waals surface area contributed by atoms with Gasteiger partial charge in [0.1, 0.15) is 0 Å². The van der Waals surface area contributed by atoms with Gasteiger partial charge in [-0.3, -0.25) is 4.79 Å². The summed E-state index contributed by atoms with van der Waals surface area (Å²) >= 11 is 0. The molecule has 28 heavy (non-hydrogen) atoms. The van der Waals surface area contributed by atoms with Crippen LogP contribution in [0.5, 0.6) is 11.5 Å². The first-order chi connectivity index (χ1) is 13.7. The van der Waals surface area contributed by atoms with Crippen molar-refractivity contribution >= 4 is 5.91 Å². The molecule has 1 aliphatic carbocycles. The van der Waals surface area contributed by atoms with Crippen molar-refractivity contribution in [1.29, 1.82) is 0 Å². The van der Waals surface area contributed by atoms with Crippen LogP contribution >= 0.6 is 0 Å². The van der Waals surface area contributed by atoms with Gasteiger partial charge in [0, 0.05) is 6.54 Å². The third-order valence-electron chi connectivity index (χ3n) is 4.07. The fourth-order valence-corrected chi connectivity index (χ4v) is 2.75. The van der Waals surface area contributed by atoms with Crippen molar-refractivity contribution in [3.8, 4) is 11.5 Å². The van der Waals surface area contributed by atoms with E-state index in [1.54, 1.807) is 32.4 Å². The van der Waals surface area contributed by atoms with Crippen molar-refractivity contribution in [3.05, 3.63) is 77.2 Å². The van der Waals surface area contributed by atoms with Gasteiger partial charge in [-0.25, -0.2) is 0 Å². The third kappa shape index (κ3) is 7.92. The molecule has 0 spiro atoms. The zero-order valence-corrected chi connectivity index (χ0v) is 16.7. The zero-order valence-electron chi connectivity index (χ0n) is 16.7. The van der Waals surface area contributed by atoms with Crippen LogP contribution in [0.4, 0.5) is 0 Å². The Morgan fingerprint density at radius 3 is 2.43 bits per heavy atom. The van der Waals surface area contributed by atoms with E-state index in [0.29, 0.717) is 23.6 Å². The van der Waals surface area contributed by atoms with Crippen molar-refractivity contribution in [2.24, 2.45) is 0 Å². The standard InChI is InChI=1S/C17H23NO3.C7H4/c1-20-15-10-6-9-14(16(15)21-2)17(19)18-12-11-13-7-4-3-5-8-13;1-3-5-7-6-4-2/h6-7,9-10H,3-5,8,11-12H2,1-2H3,(H,18,19);1-2H2. The summed E-state index contributed by atoms with van der Waals surface area (Å²) in [6.45, 7) is 7.15. The van der Waals surface area contributed by atoms with Crippen LogP contribution in [0.3, 0.4) is 0 Å².